The summed E-state index contributed by atoms with van der Waals surface area (Å²) in [6.07, 6.45) is -5.30. The van der Waals surface area contributed by atoms with Crippen molar-refractivity contribution in [1.82, 2.24) is 0 Å². The second-order valence-corrected chi connectivity index (χ2v) is 8.44. The molecule has 3 atom stereocenters. The van der Waals surface area contributed by atoms with E-state index in [1.807, 2.05) is 35.6 Å². The molecule has 3 aromatic rings. The summed E-state index contributed by atoms with van der Waals surface area (Å²) in [6.45, 7) is 0.817. The number of carbonyl (C=O) groups is 4. The number of carboxylic acids is 1. The molecule has 0 bridgehead atoms. The molecule has 0 fully saturated rings. The van der Waals surface area contributed by atoms with E-state index >= 15 is 0 Å². The molecule has 38 heavy (non-hydrogen) atoms. The summed E-state index contributed by atoms with van der Waals surface area (Å²) in [7, 11) is 0. The molecule has 0 amide bonds. The topological polar surface area (TPSA) is 136 Å². The Morgan fingerprint density at radius 2 is 1.18 bits per heavy atom. The van der Waals surface area contributed by atoms with Crippen LogP contribution in [0.5, 0.6) is 0 Å². The van der Waals surface area contributed by atoms with E-state index in [1.165, 1.54) is 24.3 Å². The average Bonchev–Trinajstić information content (AvgIpc) is 2.95. The lowest BCUT2D eigenvalue weighted by Gasteiger charge is -2.27. The Morgan fingerprint density at radius 1 is 0.711 bits per heavy atom. The van der Waals surface area contributed by atoms with E-state index in [9.17, 15) is 24.3 Å². The van der Waals surface area contributed by atoms with Crippen molar-refractivity contribution in [2.45, 2.75) is 24.9 Å². The van der Waals surface area contributed by atoms with Gasteiger partial charge in [0.25, 0.3) is 0 Å². The number of rotatable bonds is 13. The van der Waals surface area contributed by atoms with Crippen LogP contribution in [0.25, 0.3) is 0 Å². The van der Waals surface area contributed by atoms with E-state index in [0.29, 0.717) is 6.54 Å². The predicted molar refractivity (Wildman–Crippen MR) is 134 cm³/mol. The first-order valence-electron chi connectivity index (χ1n) is 11.7. The zero-order valence-electron chi connectivity index (χ0n) is 20.2. The lowest BCUT2D eigenvalue weighted by Crippen LogP contribution is -2.85. The van der Waals surface area contributed by atoms with Crippen molar-refractivity contribution in [3.8, 4) is 0 Å². The number of carbonyl (C=O) groups excluding carboxylic acids is 4. The van der Waals surface area contributed by atoms with Crippen molar-refractivity contribution >= 4 is 35.5 Å². The number of quaternary nitrogens is 1. The first-order valence-corrected chi connectivity index (χ1v) is 12.3. The van der Waals surface area contributed by atoms with Gasteiger partial charge in [-0.3, -0.25) is 0 Å². The van der Waals surface area contributed by atoms with E-state index in [1.54, 1.807) is 36.4 Å². The summed E-state index contributed by atoms with van der Waals surface area (Å²) in [6, 6.07) is 24.7. The first kappa shape index (κ1) is 28.4. The number of halogens is 1. The number of benzene rings is 3. The third-order valence-corrected chi connectivity index (χ3v) is 5.68. The van der Waals surface area contributed by atoms with E-state index in [4.69, 9.17) is 25.8 Å². The van der Waals surface area contributed by atoms with Gasteiger partial charge >= 0.3 is 17.9 Å². The maximum Gasteiger partial charge on any atom is 0.352 e. The Hall–Kier alpha value is -4.21. The predicted octanol–water partition coefficient (Wildman–Crippen LogP) is 1.10. The molecule has 0 unspecified atom stereocenters. The second kappa shape index (κ2) is 14.5. The average molecular weight is 540 g/mol. The summed E-state index contributed by atoms with van der Waals surface area (Å²) in [5.41, 5.74) is 1.10. The highest BCUT2D eigenvalue weighted by Gasteiger charge is 2.39. The van der Waals surface area contributed by atoms with Gasteiger partial charge in [0.1, 0.15) is 13.1 Å². The number of hydrogen-bond acceptors (Lipinski definition) is 8. The van der Waals surface area contributed by atoms with Crippen LogP contribution in [0.3, 0.4) is 0 Å². The molecule has 9 nitrogen and oxygen atoms in total. The van der Waals surface area contributed by atoms with Gasteiger partial charge in [0.05, 0.1) is 23.0 Å². The minimum absolute atomic E-state index is 0.0226. The third kappa shape index (κ3) is 8.43. The minimum atomic E-state index is -2.29. The molecule has 0 aliphatic carbocycles. The van der Waals surface area contributed by atoms with E-state index in [0.717, 1.165) is 5.56 Å². The van der Waals surface area contributed by atoms with Gasteiger partial charge < -0.3 is 29.4 Å². The van der Waals surface area contributed by atoms with Gasteiger partial charge in [0.2, 0.25) is 6.10 Å². The molecule has 0 aromatic heterocycles. The fourth-order valence-electron chi connectivity index (χ4n) is 3.41. The highest BCUT2D eigenvalue weighted by Crippen LogP contribution is 2.15. The van der Waals surface area contributed by atoms with Crippen molar-refractivity contribution in [2.24, 2.45) is 0 Å². The molecular formula is C28H26ClNO8. The zero-order chi connectivity index (χ0) is 27.3. The second-order valence-electron chi connectivity index (χ2n) is 8.13. The zero-order valence-corrected chi connectivity index (χ0v) is 21.0. The van der Waals surface area contributed by atoms with Crippen LogP contribution in [0.4, 0.5) is 0 Å². The number of aliphatic carboxylic acids is 1. The van der Waals surface area contributed by atoms with Crippen molar-refractivity contribution in [3.63, 3.8) is 0 Å². The Bertz CT molecular complexity index is 1210. The van der Waals surface area contributed by atoms with Gasteiger partial charge in [0.15, 0.2) is 12.2 Å². The molecule has 3 rings (SSSR count). The third-order valence-electron chi connectivity index (χ3n) is 5.33. The molecule has 0 aliphatic rings. The van der Waals surface area contributed by atoms with Crippen LogP contribution in [-0.4, -0.2) is 54.6 Å². The molecule has 0 heterocycles. The van der Waals surface area contributed by atoms with Gasteiger partial charge in [-0.05, 0) is 24.3 Å². The summed E-state index contributed by atoms with van der Waals surface area (Å²) in [4.78, 5) is 50.4. The molecule has 0 saturated heterocycles. The fraction of sp³-hybridized carbons (Fsp3) is 0.214. The first-order chi connectivity index (χ1) is 18.4. The van der Waals surface area contributed by atoms with Gasteiger partial charge in [0, 0.05) is 5.56 Å². The number of carboxylic acid groups (broad SMARTS) is 1. The molecule has 0 saturated carbocycles. The van der Waals surface area contributed by atoms with Crippen LogP contribution in [0, 0.1) is 0 Å². The van der Waals surface area contributed by atoms with Crippen LogP contribution in [0.2, 0.25) is 0 Å². The summed E-state index contributed by atoms with van der Waals surface area (Å²) >= 11 is 5.99. The minimum Gasteiger partial charge on any atom is -0.546 e. The SMILES string of the molecule is O=C(O[C@H](C(=O)[O-])[C@H](OC(=O)c1ccccc1)C(=O)O[C@H](CCl)C[NH2+]Cc1ccccc1)c1ccccc1. The Balaban J connectivity index is 1.77. The number of alkyl halides is 1. The summed E-state index contributed by atoms with van der Waals surface area (Å²) in [5, 5.41) is 13.8. The maximum atomic E-state index is 13.1. The maximum absolute atomic E-state index is 13.1. The smallest absolute Gasteiger partial charge is 0.352 e. The van der Waals surface area contributed by atoms with Crippen LogP contribution >= 0.6 is 11.6 Å². The fourth-order valence-corrected chi connectivity index (χ4v) is 3.60. The Kier molecular flexibility index (Phi) is 10.8. The monoisotopic (exact) mass is 539 g/mol. The number of nitrogens with two attached hydrogens (primary N) is 1. The molecular weight excluding hydrogens is 514 g/mol. The Morgan fingerprint density at radius 3 is 1.66 bits per heavy atom. The molecule has 3 aromatic carbocycles. The molecule has 0 aliphatic heterocycles. The molecule has 0 radical (unpaired) electrons. The van der Waals surface area contributed by atoms with Gasteiger partial charge in [-0.2, -0.15) is 0 Å². The van der Waals surface area contributed by atoms with Crippen LogP contribution < -0.4 is 10.4 Å². The molecule has 198 valence electrons. The van der Waals surface area contributed by atoms with Crippen molar-refractivity contribution in [3.05, 3.63) is 108 Å². The Labute approximate surface area is 224 Å². The number of esters is 3. The molecule has 10 heteroatoms. The van der Waals surface area contributed by atoms with Crippen LogP contribution in [0.1, 0.15) is 26.3 Å². The van der Waals surface area contributed by atoms with Crippen molar-refractivity contribution in [2.75, 3.05) is 12.4 Å². The number of ether oxygens (including phenoxy) is 3. The van der Waals surface area contributed by atoms with Crippen LogP contribution in [0.15, 0.2) is 91.0 Å². The summed E-state index contributed by atoms with van der Waals surface area (Å²) < 4.78 is 15.7. The largest absolute Gasteiger partial charge is 0.546 e. The quantitative estimate of drug-likeness (QED) is 0.194. The summed E-state index contributed by atoms with van der Waals surface area (Å²) in [5.74, 6) is -5.39. The molecule has 2 N–H and O–H groups in total. The molecule has 0 spiro atoms. The highest BCUT2D eigenvalue weighted by molar-refractivity contribution is 6.18. The lowest BCUT2D eigenvalue weighted by atomic mass is 10.1. The van der Waals surface area contributed by atoms with Crippen LogP contribution in [-0.2, 0) is 30.3 Å². The van der Waals surface area contributed by atoms with Gasteiger partial charge in [-0.25, -0.2) is 14.4 Å². The number of hydrogen-bond donors (Lipinski definition) is 1. The standard InChI is InChI=1S/C28H26ClNO8/c29-16-22(18-30-17-19-10-4-1-5-11-19)36-28(35)24(38-27(34)21-14-8-3-9-15-21)23(25(31)32)37-26(33)20-12-6-2-7-13-20/h1-15,22-24,30H,16-18H2,(H,31,32)/t22-,23+,24+/m1/s1. The van der Waals surface area contributed by atoms with Crippen molar-refractivity contribution < 1.29 is 43.8 Å². The normalized spacial score (nSPS) is 13.0. The van der Waals surface area contributed by atoms with Gasteiger partial charge in [-0.1, -0.05) is 66.7 Å². The van der Waals surface area contributed by atoms with Gasteiger partial charge in [-0.15, -0.1) is 11.6 Å². The van der Waals surface area contributed by atoms with E-state index in [-0.39, 0.29) is 23.6 Å². The van der Waals surface area contributed by atoms with Crippen molar-refractivity contribution in [1.29, 1.82) is 0 Å². The van der Waals surface area contributed by atoms with E-state index < -0.39 is 42.2 Å². The lowest BCUT2D eigenvalue weighted by molar-refractivity contribution is -0.675. The van der Waals surface area contributed by atoms with E-state index in [2.05, 4.69) is 0 Å². The highest BCUT2D eigenvalue weighted by atomic mass is 35.5.